The van der Waals surface area contributed by atoms with Crippen LogP contribution in [0.1, 0.15) is 10.4 Å². The number of carbonyl (C=O) groups is 1. The van der Waals surface area contributed by atoms with Crippen LogP contribution in [-0.2, 0) is 0 Å². The summed E-state index contributed by atoms with van der Waals surface area (Å²) in [5.41, 5.74) is -0.253. The highest BCUT2D eigenvalue weighted by Crippen LogP contribution is 2.29. The third-order valence-corrected chi connectivity index (χ3v) is 3.46. The van der Waals surface area contributed by atoms with E-state index >= 15 is 0 Å². The summed E-state index contributed by atoms with van der Waals surface area (Å²) < 4.78 is 25.8. The Morgan fingerprint density at radius 3 is 2.54 bits per heavy atom. The molecule has 0 saturated heterocycles. The largest absolute Gasteiger partial charge is 0.291 e. The number of carbonyl (C=O) groups excluding carboxylic acids is 1. The van der Waals surface area contributed by atoms with Gasteiger partial charge in [-0.2, -0.15) is 0 Å². The standard InChI is InChI=1S/C8H4Br2F2O/c9-4-1-2-5(12)7(8(4)10)6(13)3-11/h1-2H,3H2. The molecular weight excluding hydrogens is 310 g/mol. The van der Waals surface area contributed by atoms with Crippen LogP contribution in [0.3, 0.4) is 0 Å². The second kappa shape index (κ2) is 4.28. The van der Waals surface area contributed by atoms with Crippen molar-refractivity contribution in [1.82, 2.24) is 0 Å². The summed E-state index contributed by atoms with van der Waals surface area (Å²) >= 11 is 6.09. The molecule has 1 rings (SSSR count). The summed E-state index contributed by atoms with van der Waals surface area (Å²) in [7, 11) is 0. The number of ketones is 1. The molecule has 0 saturated carbocycles. The zero-order valence-corrected chi connectivity index (χ0v) is 9.45. The quantitative estimate of drug-likeness (QED) is 0.603. The van der Waals surface area contributed by atoms with Crippen molar-refractivity contribution in [2.45, 2.75) is 0 Å². The molecule has 0 fully saturated rings. The van der Waals surface area contributed by atoms with Crippen molar-refractivity contribution in [1.29, 1.82) is 0 Å². The zero-order chi connectivity index (χ0) is 10.0. The molecular formula is C8H4Br2F2O. The molecule has 13 heavy (non-hydrogen) atoms. The van der Waals surface area contributed by atoms with E-state index in [4.69, 9.17) is 0 Å². The molecule has 0 amide bonds. The summed E-state index contributed by atoms with van der Waals surface area (Å²) in [6, 6.07) is 2.55. The first kappa shape index (κ1) is 10.8. The van der Waals surface area contributed by atoms with Gasteiger partial charge in [0.15, 0.2) is 12.5 Å². The summed E-state index contributed by atoms with van der Waals surface area (Å²) in [6.45, 7) is -1.20. The van der Waals surface area contributed by atoms with E-state index in [1.807, 2.05) is 0 Å². The van der Waals surface area contributed by atoms with E-state index in [2.05, 4.69) is 31.9 Å². The fraction of sp³-hybridized carbons (Fsp3) is 0.125. The van der Waals surface area contributed by atoms with Crippen LogP contribution in [0.5, 0.6) is 0 Å². The first-order valence-corrected chi connectivity index (χ1v) is 4.89. The molecule has 0 unspecified atom stereocenters. The summed E-state index contributed by atoms with van der Waals surface area (Å²) in [6.07, 6.45) is 0. The number of hydrogen-bond acceptors (Lipinski definition) is 1. The Hall–Kier alpha value is -0.290. The van der Waals surface area contributed by atoms with Gasteiger partial charge in [-0.15, -0.1) is 0 Å². The number of alkyl halides is 1. The van der Waals surface area contributed by atoms with Crippen LogP contribution in [0, 0.1) is 5.82 Å². The minimum Gasteiger partial charge on any atom is -0.291 e. The Balaban J connectivity index is 3.33. The van der Waals surface area contributed by atoms with Crippen molar-refractivity contribution >= 4 is 37.6 Å². The summed E-state index contributed by atoms with van der Waals surface area (Å²) in [5.74, 6) is -1.59. The summed E-state index contributed by atoms with van der Waals surface area (Å²) in [4.78, 5) is 10.9. The van der Waals surface area contributed by atoms with Gasteiger partial charge in [0.2, 0.25) is 0 Å². The molecule has 0 bridgehead atoms. The monoisotopic (exact) mass is 312 g/mol. The fourth-order valence-corrected chi connectivity index (χ4v) is 1.72. The van der Waals surface area contributed by atoms with E-state index in [1.54, 1.807) is 0 Å². The lowest BCUT2D eigenvalue weighted by Gasteiger charge is -2.03. The van der Waals surface area contributed by atoms with Gasteiger partial charge < -0.3 is 0 Å². The smallest absolute Gasteiger partial charge is 0.197 e. The number of hydrogen-bond donors (Lipinski definition) is 0. The second-order valence-corrected chi connectivity index (χ2v) is 3.92. The topological polar surface area (TPSA) is 17.1 Å². The average molecular weight is 314 g/mol. The molecule has 0 N–H and O–H groups in total. The lowest BCUT2D eigenvalue weighted by Crippen LogP contribution is -2.05. The molecule has 0 aliphatic rings. The van der Waals surface area contributed by atoms with Gasteiger partial charge in [-0.1, -0.05) is 0 Å². The Morgan fingerprint density at radius 2 is 2.00 bits per heavy atom. The van der Waals surface area contributed by atoms with Crippen molar-refractivity contribution in [3.8, 4) is 0 Å². The molecule has 0 heterocycles. The van der Waals surface area contributed by atoms with Crippen LogP contribution in [0.2, 0.25) is 0 Å². The van der Waals surface area contributed by atoms with Crippen LogP contribution in [-0.4, -0.2) is 12.5 Å². The van der Waals surface area contributed by atoms with Crippen LogP contribution < -0.4 is 0 Å². The first-order chi connectivity index (χ1) is 6.07. The zero-order valence-electron chi connectivity index (χ0n) is 6.28. The van der Waals surface area contributed by atoms with Crippen molar-refractivity contribution in [2.24, 2.45) is 0 Å². The molecule has 1 aromatic carbocycles. The SMILES string of the molecule is O=C(CF)c1c(F)ccc(Br)c1Br. The average Bonchev–Trinajstić information content (AvgIpc) is 2.12. The molecule has 0 aromatic heterocycles. The third kappa shape index (κ3) is 2.14. The molecule has 70 valence electrons. The van der Waals surface area contributed by atoms with Crippen LogP contribution in [0.15, 0.2) is 21.1 Å². The maximum Gasteiger partial charge on any atom is 0.197 e. The minimum absolute atomic E-state index is 0.246. The molecule has 1 nitrogen and oxygen atoms in total. The maximum atomic E-state index is 13.0. The maximum absolute atomic E-state index is 13.0. The number of benzene rings is 1. The molecule has 0 radical (unpaired) electrons. The molecule has 1 aromatic rings. The molecule has 0 aliphatic carbocycles. The van der Waals surface area contributed by atoms with E-state index in [0.29, 0.717) is 4.47 Å². The van der Waals surface area contributed by atoms with Gasteiger partial charge in [-0.25, -0.2) is 8.78 Å². The van der Waals surface area contributed by atoms with Gasteiger partial charge >= 0.3 is 0 Å². The number of Topliss-reactive ketones (excluding diaryl/α,β-unsaturated/α-hetero) is 1. The van der Waals surface area contributed by atoms with Crippen molar-refractivity contribution in [3.05, 3.63) is 32.5 Å². The predicted molar refractivity (Wildman–Crippen MR) is 52.1 cm³/mol. The van der Waals surface area contributed by atoms with E-state index in [0.717, 1.165) is 6.07 Å². The highest BCUT2D eigenvalue weighted by Gasteiger charge is 2.17. The first-order valence-electron chi connectivity index (χ1n) is 3.30. The van der Waals surface area contributed by atoms with E-state index in [-0.39, 0.29) is 10.0 Å². The summed E-state index contributed by atoms with van der Waals surface area (Å²) in [5, 5.41) is 0. The van der Waals surface area contributed by atoms with Crippen molar-refractivity contribution in [2.75, 3.05) is 6.67 Å². The highest BCUT2D eigenvalue weighted by atomic mass is 79.9. The van der Waals surface area contributed by atoms with Crippen molar-refractivity contribution < 1.29 is 13.6 Å². The molecule has 5 heteroatoms. The Bertz CT molecular complexity index is 352. The third-order valence-electron chi connectivity index (χ3n) is 1.44. The predicted octanol–water partition coefficient (Wildman–Crippen LogP) is 3.50. The minimum atomic E-state index is -1.20. The fourth-order valence-electron chi connectivity index (χ4n) is 0.849. The highest BCUT2D eigenvalue weighted by molar-refractivity contribution is 9.13. The lowest BCUT2D eigenvalue weighted by molar-refractivity contribution is 0.0954. The lowest BCUT2D eigenvalue weighted by atomic mass is 10.1. The second-order valence-electron chi connectivity index (χ2n) is 2.27. The van der Waals surface area contributed by atoms with Crippen LogP contribution in [0.4, 0.5) is 8.78 Å². The Labute approximate surface area is 90.4 Å². The van der Waals surface area contributed by atoms with Crippen LogP contribution >= 0.6 is 31.9 Å². The number of rotatable bonds is 2. The van der Waals surface area contributed by atoms with Gasteiger partial charge in [0.05, 0.1) is 5.56 Å². The van der Waals surface area contributed by atoms with Gasteiger partial charge in [0, 0.05) is 8.95 Å². The van der Waals surface area contributed by atoms with E-state index in [1.165, 1.54) is 6.07 Å². The van der Waals surface area contributed by atoms with E-state index < -0.39 is 18.3 Å². The van der Waals surface area contributed by atoms with Gasteiger partial charge in [0.1, 0.15) is 5.82 Å². The van der Waals surface area contributed by atoms with Crippen molar-refractivity contribution in [3.63, 3.8) is 0 Å². The van der Waals surface area contributed by atoms with Gasteiger partial charge in [0.25, 0.3) is 0 Å². The number of halogens is 4. The molecule has 0 aliphatic heterocycles. The van der Waals surface area contributed by atoms with Gasteiger partial charge in [-0.05, 0) is 44.0 Å². The molecule has 0 spiro atoms. The van der Waals surface area contributed by atoms with Gasteiger partial charge in [-0.3, -0.25) is 4.79 Å². The van der Waals surface area contributed by atoms with E-state index in [9.17, 15) is 13.6 Å². The Kier molecular flexibility index (Phi) is 3.55. The normalized spacial score (nSPS) is 10.2. The Morgan fingerprint density at radius 1 is 1.38 bits per heavy atom. The van der Waals surface area contributed by atoms with Crippen LogP contribution in [0.25, 0.3) is 0 Å². The molecule has 0 atom stereocenters.